The minimum atomic E-state index is 0. The molecule has 0 saturated carbocycles. The van der Waals surface area contributed by atoms with Gasteiger partial charge in [0.25, 0.3) is 0 Å². The summed E-state index contributed by atoms with van der Waals surface area (Å²) in [7, 11) is 0. The van der Waals surface area contributed by atoms with Gasteiger partial charge in [-0.2, -0.15) is 0 Å². The molecule has 4 aromatic rings. The molecule has 1 aliphatic heterocycles. The molecule has 3 aromatic carbocycles. The molecule has 0 fully saturated rings. The Morgan fingerprint density at radius 3 is 2.78 bits per heavy atom. The third-order valence-corrected chi connectivity index (χ3v) is 7.20. The maximum atomic E-state index is 10.1. The van der Waals surface area contributed by atoms with Gasteiger partial charge >= 0.3 is 0 Å². The molecule has 0 bridgehead atoms. The second kappa shape index (κ2) is 8.72. The molecule has 2 aliphatic rings. The van der Waals surface area contributed by atoms with Gasteiger partial charge in [0.05, 0.1) is 6.04 Å². The van der Waals surface area contributed by atoms with Crippen LogP contribution in [0, 0.1) is 6.07 Å². The second-order valence-corrected chi connectivity index (χ2v) is 8.94. The van der Waals surface area contributed by atoms with Crippen LogP contribution in [0.3, 0.4) is 0 Å². The van der Waals surface area contributed by atoms with Gasteiger partial charge in [-0.15, -0.1) is 35.5 Å². The van der Waals surface area contributed by atoms with Gasteiger partial charge in [0.2, 0.25) is 5.88 Å². The summed E-state index contributed by atoms with van der Waals surface area (Å²) in [5, 5.41) is 12.3. The molecule has 0 unspecified atom stereocenters. The van der Waals surface area contributed by atoms with Crippen LogP contribution in [0.5, 0.6) is 17.4 Å². The average molecular weight is 619 g/mol. The van der Waals surface area contributed by atoms with Crippen molar-refractivity contribution in [2.45, 2.75) is 24.1 Å². The van der Waals surface area contributed by atoms with Crippen LogP contribution < -0.4 is 4.74 Å². The monoisotopic (exact) mass is 618 g/mol. The van der Waals surface area contributed by atoms with Crippen molar-refractivity contribution in [3.8, 4) is 17.4 Å². The van der Waals surface area contributed by atoms with E-state index in [4.69, 9.17) is 9.73 Å². The van der Waals surface area contributed by atoms with Gasteiger partial charge in [-0.05, 0) is 36.1 Å². The number of aromatic nitrogens is 1. The summed E-state index contributed by atoms with van der Waals surface area (Å²) in [6.45, 7) is 0. The van der Waals surface area contributed by atoms with Crippen molar-refractivity contribution in [3.05, 3.63) is 95.6 Å². The van der Waals surface area contributed by atoms with Crippen molar-refractivity contribution >= 4 is 27.7 Å². The Bertz CT molecular complexity index is 1340. The van der Waals surface area contributed by atoms with Crippen molar-refractivity contribution < 1.29 is 30.9 Å². The van der Waals surface area contributed by atoms with Crippen molar-refractivity contribution in [3.63, 3.8) is 0 Å². The van der Waals surface area contributed by atoms with Crippen LogP contribution >= 0.6 is 11.8 Å². The first kappa shape index (κ1) is 21.2. The molecular formula is C26H19N2O2PtS-. The minimum absolute atomic E-state index is 0. The largest absolute Gasteiger partial charge is 0.506 e. The number of pyridine rings is 1. The standard InChI is InChI=1S/C26H19N2O2S.Pt/c29-22-10-4-6-17-12-14-23(28-24(17)22)30-19-8-3-7-18(15-19)26-27-21-13-11-16-5-1-2-9-20(16)25(21)31-26;/h1-10,12,14,21,25,29H,11,13H2;/q-1;/t21-,25-;/m0./s1. The molecule has 1 N–H and O–H groups in total. The Morgan fingerprint density at radius 2 is 1.84 bits per heavy atom. The van der Waals surface area contributed by atoms with E-state index >= 15 is 0 Å². The number of thioether (sulfide) groups is 1. The molecule has 0 radical (unpaired) electrons. The fraction of sp³-hybridized carbons (Fsp3) is 0.154. The Labute approximate surface area is 205 Å². The van der Waals surface area contributed by atoms with Crippen LogP contribution in [-0.2, 0) is 27.5 Å². The van der Waals surface area contributed by atoms with Gasteiger partial charge in [-0.1, -0.05) is 42.5 Å². The zero-order valence-electron chi connectivity index (χ0n) is 17.0. The number of aliphatic imine (C=N–C) groups is 1. The van der Waals surface area contributed by atoms with Gasteiger partial charge in [0.15, 0.2) is 0 Å². The maximum Gasteiger partial charge on any atom is 0.217 e. The topological polar surface area (TPSA) is 54.7 Å². The molecule has 0 amide bonds. The molecule has 2 atom stereocenters. The predicted octanol–water partition coefficient (Wildman–Crippen LogP) is 6.08. The first-order valence-corrected chi connectivity index (χ1v) is 11.2. The molecule has 1 aromatic heterocycles. The van der Waals surface area contributed by atoms with E-state index in [1.807, 2.05) is 42.1 Å². The predicted molar refractivity (Wildman–Crippen MR) is 124 cm³/mol. The van der Waals surface area contributed by atoms with Crippen molar-refractivity contribution in [2.75, 3.05) is 0 Å². The van der Waals surface area contributed by atoms with E-state index in [2.05, 4.69) is 35.3 Å². The molecule has 0 saturated heterocycles. The number of hydrogen-bond acceptors (Lipinski definition) is 5. The molecule has 2 heterocycles. The number of hydrogen-bond donors (Lipinski definition) is 1. The zero-order valence-corrected chi connectivity index (χ0v) is 20.1. The third-order valence-electron chi connectivity index (χ3n) is 5.83. The molecule has 6 rings (SSSR count). The fourth-order valence-corrected chi connectivity index (χ4v) is 5.72. The van der Waals surface area contributed by atoms with E-state index in [9.17, 15) is 5.11 Å². The number of fused-ring (bicyclic) bond motifs is 4. The van der Waals surface area contributed by atoms with E-state index in [-0.39, 0.29) is 26.8 Å². The smallest absolute Gasteiger partial charge is 0.217 e. The number of aryl methyl sites for hydroxylation is 1. The van der Waals surface area contributed by atoms with Crippen LogP contribution in [0.15, 0.2) is 77.8 Å². The molecule has 1 aliphatic carbocycles. The van der Waals surface area contributed by atoms with Gasteiger partial charge in [0, 0.05) is 48.6 Å². The van der Waals surface area contributed by atoms with Crippen LogP contribution in [0.2, 0.25) is 0 Å². The number of phenolic OH excluding ortho intramolecular Hbond substituents is 1. The Balaban J connectivity index is 0.00000216. The summed E-state index contributed by atoms with van der Waals surface area (Å²) < 4.78 is 5.97. The summed E-state index contributed by atoms with van der Waals surface area (Å²) in [5.74, 6) is 1.14. The molecule has 4 nitrogen and oxygen atoms in total. The second-order valence-electron chi connectivity index (χ2n) is 7.81. The zero-order chi connectivity index (χ0) is 20.8. The quantitative estimate of drug-likeness (QED) is 0.283. The molecule has 32 heavy (non-hydrogen) atoms. The van der Waals surface area contributed by atoms with E-state index in [1.54, 1.807) is 18.2 Å². The summed E-state index contributed by atoms with van der Waals surface area (Å²) in [5.41, 5.74) is 4.32. The number of phenols is 1. The van der Waals surface area contributed by atoms with Gasteiger partial charge < -0.3 is 14.8 Å². The maximum absolute atomic E-state index is 10.1. The van der Waals surface area contributed by atoms with Crippen molar-refractivity contribution in [1.29, 1.82) is 0 Å². The van der Waals surface area contributed by atoms with E-state index < -0.39 is 0 Å². The molecule has 0 spiro atoms. The summed E-state index contributed by atoms with van der Waals surface area (Å²) in [6, 6.07) is 27.3. The van der Waals surface area contributed by atoms with Gasteiger partial charge in [-0.25, -0.2) is 4.98 Å². The summed E-state index contributed by atoms with van der Waals surface area (Å²) in [6.07, 6.45) is 2.17. The first-order chi connectivity index (χ1) is 15.2. The number of para-hydroxylation sites is 1. The molecular weight excluding hydrogens is 599 g/mol. The SMILES string of the molecule is Oc1cccc2ccc(Oc3[c-]c(C4=N[C@H]5CCc6ccccc6[C@@H]5S4)ccc3)nc12.[Pt]. The van der Waals surface area contributed by atoms with Crippen LogP contribution in [0.4, 0.5) is 0 Å². The summed E-state index contributed by atoms with van der Waals surface area (Å²) >= 11 is 1.82. The van der Waals surface area contributed by atoms with Crippen LogP contribution in [-0.4, -0.2) is 21.2 Å². The molecule has 6 heteroatoms. The van der Waals surface area contributed by atoms with Gasteiger partial charge in [0.1, 0.15) is 11.3 Å². The van der Waals surface area contributed by atoms with E-state index in [0.717, 1.165) is 28.8 Å². The normalized spacial score (nSPS) is 18.9. The Hall–Kier alpha value is -2.62. The average Bonchev–Trinajstić information content (AvgIpc) is 3.25. The minimum Gasteiger partial charge on any atom is -0.506 e. The number of ether oxygens (including phenoxy) is 1. The van der Waals surface area contributed by atoms with Crippen LogP contribution in [0.25, 0.3) is 10.9 Å². The van der Waals surface area contributed by atoms with E-state index in [0.29, 0.717) is 28.4 Å². The summed E-state index contributed by atoms with van der Waals surface area (Å²) in [4.78, 5) is 9.48. The Morgan fingerprint density at radius 1 is 0.969 bits per heavy atom. The van der Waals surface area contributed by atoms with Crippen molar-refractivity contribution in [2.24, 2.45) is 4.99 Å². The van der Waals surface area contributed by atoms with Crippen molar-refractivity contribution in [1.82, 2.24) is 4.98 Å². The van der Waals surface area contributed by atoms with E-state index in [1.165, 1.54) is 11.1 Å². The van der Waals surface area contributed by atoms with Gasteiger partial charge in [-0.3, -0.25) is 0 Å². The Kier molecular flexibility index (Phi) is 5.79. The number of nitrogens with zero attached hydrogens (tertiary/aromatic N) is 2. The fourth-order valence-electron chi connectivity index (χ4n) is 4.33. The number of benzene rings is 3. The third kappa shape index (κ3) is 3.85. The number of aromatic hydroxyl groups is 1. The first-order valence-electron chi connectivity index (χ1n) is 10.4. The molecule has 162 valence electrons. The number of rotatable bonds is 3. The van der Waals surface area contributed by atoms with Crippen LogP contribution in [0.1, 0.15) is 28.4 Å².